The fourth-order valence-corrected chi connectivity index (χ4v) is 2.54. The second kappa shape index (κ2) is 6.01. The number of halogens is 1. The Bertz CT molecular complexity index is 680. The first kappa shape index (κ1) is 16.4. The predicted octanol–water partition coefficient (Wildman–Crippen LogP) is 3.79. The molecule has 0 bridgehead atoms. The molecule has 2 aromatic rings. The van der Waals surface area contributed by atoms with Gasteiger partial charge in [-0.2, -0.15) is 5.10 Å². The highest BCUT2D eigenvalue weighted by Gasteiger charge is 2.25. The quantitative estimate of drug-likeness (QED) is 0.804. The maximum absolute atomic E-state index is 11.5. The summed E-state index contributed by atoms with van der Waals surface area (Å²) in [5.74, 6) is 1.24. The molecule has 0 unspecified atom stereocenters. The van der Waals surface area contributed by atoms with Crippen LogP contribution >= 0.6 is 11.6 Å². The van der Waals surface area contributed by atoms with Crippen molar-refractivity contribution in [2.24, 2.45) is 0 Å². The molecule has 5 nitrogen and oxygen atoms in total. The van der Waals surface area contributed by atoms with Gasteiger partial charge in [0, 0.05) is 11.6 Å². The highest BCUT2D eigenvalue weighted by molar-refractivity contribution is 6.32. The molecule has 0 aliphatic heterocycles. The molecule has 1 aromatic carbocycles. The Labute approximate surface area is 134 Å². The van der Waals surface area contributed by atoms with Gasteiger partial charge in [0.15, 0.2) is 6.29 Å². The summed E-state index contributed by atoms with van der Waals surface area (Å²) in [6.07, 6.45) is 0.721. The van der Waals surface area contributed by atoms with Gasteiger partial charge in [0.1, 0.15) is 22.3 Å². The van der Waals surface area contributed by atoms with Gasteiger partial charge < -0.3 is 9.47 Å². The zero-order valence-corrected chi connectivity index (χ0v) is 14.1. The van der Waals surface area contributed by atoms with Gasteiger partial charge in [-0.05, 0) is 32.9 Å². The number of aromatic nitrogens is 2. The number of carbonyl (C=O) groups excluding carboxylic acids is 1. The van der Waals surface area contributed by atoms with E-state index in [-0.39, 0.29) is 5.54 Å². The molecule has 0 radical (unpaired) electrons. The lowest BCUT2D eigenvalue weighted by molar-refractivity contribution is 0.112. The van der Waals surface area contributed by atoms with Crippen LogP contribution in [0, 0.1) is 0 Å². The van der Waals surface area contributed by atoms with Crippen molar-refractivity contribution < 1.29 is 14.3 Å². The molecule has 1 aromatic heterocycles. The van der Waals surface area contributed by atoms with Gasteiger partial charge in [0.2, 0.25) is 0 Å². The van der Waals surface area contributed by atoms with Crippen LogP contribution in [0.1, 0.15) is 31.1 Å². The fourth-order valence-electron chi connectivity index (χ4n) is 2.12. The van der Waals surface area contributed by atoms with E-state index in [0.29, 0.717) is 33.5 Å². The van der Waals surface area contributed by atoms with Gasteiger partial charge in [-0.1, -0.05) is 11.6 Å². The number of benzene rings is 1. The van der Waals surface area contributed by atoms with Crippen LogP contribution in [-0.4, -0.2) is 30.3 Å². The molecular weight excluding hydrogens is 304 g/mol. The maximum atomic E-state index is 11.5. The minimum Gasteiger partial charge on any atom is -0.497 e. The first-order valence-electron chi connectivity index (χ1n) is 6.79. The molecule has 0 saturated heterocycles. The molecule has 22 heavy (non-hydrogen) atoms. The molecular formula is C16H19ClN2O3. The van der Waals surface area contributed by atoms with Crippen LogP contribution in [-0.2, 0) is 5.54 Å². The van der Waals surface area contributed by atoms with E-state index in [1.54, 1.807) is 37.1 Å². The van der Waals surface area contributed by atoms with E-state index in [1.165, 1.54) is 0 Å². The van der Waals surface area contributed by atoms with Crippen molar-refractivity contribution in [3.8, 4) is 22.8 Å². The minimum absolute atomic E-state index is 0.319. The van der Waals surface area contributed by atoms with Crippen molar-refractivity contribution in [2.45, 2.75) is 26.3 Å². The largest absolute Gasteiger partial charge is 0.497 e. The van der Waals surface area contributed by atoms with Gasteiger partial charge >= 0.3 is 0 Å². The highest BCUT2D eigenvalue weighted by Crippen LogP contribution is 2.35. The highest BCUT2D eigenvalue weighted by atomic mass is 35.5. The summed E-state index contributed by atoms with van der Waals surface area (Å²) in [7, 11) is 3.14. The lowest BCUT2D eigenvalue weighted by Gasteiger charge is -2.20. The van der Waals surface area contributed by atoms with Crippen molar-refractivity contribution in [1.82, 2.24) is 9.78 Å². The number of methoxy groups -OCH3 is 2. The molecule has 1 heterocycles. The summed E-state index contributed by atoms with van der Waals surface area (Å²) in [5.41, 5.74) is 1.23. The van der Waals surface area contributed by atoms with E-state index in [2.05, 4.69) is 5.10 Å². The molecule has 0 aliphatic rings. The average molecular weight is 323 g/mol. The first-order chi connectivity index (χ1) is 10.3. The van der Waals surface area contributed by atoms with Crippen molar-refractivity contribution in [3.63, 3.8) is 0 Å². The topological polar surface area (TPSA) is 53.4 Å². The Kier molecular flexibility index (Phi) is 4.47. The maximum Gasteiger partial charge on any atom is 0.155 e. The van der Waals surface area contributed by atoms with E-state index in [9.17, 15) is 4.79 Å². The number of rotatable bonds is 4. The van der Waals surface area contributed by atoms with E-state index >= 15 is 0 Å². The molecule has 0 fully saturated rings. The second-order valence-electron chi connectivity index (χ2n) is 5.85. The summed E-state index contributed by atoms with van der Waals surface area (Å²) in [6, 6.07) is 5.34. The van der Waals surface area contributed by atoms with Crippen molar-refractivity contribution in [3.05, 3.63) is 28.9 Å². The van der Waals surface area contributed by atoms with Gasteiger partial charge in [0.05, 0.1) is 25.3 Å². The second-order valence-corrected chi connectivity index (χ2v) is 6.21. The molecule has 0 spiro atoms. The van der Waals surface area contributed by atoms with Crippen molar-refractivity contribution in [2.75, 3.05) is 14.2 Å². The summed E-state index contributed by atoms with van der Waals surface area (Å²) in [5, 5.41) is 4.83. The molecule has 0 amide bonds. The van der Waals surface area contributed by atoms with Crippen LogP contribution < -0.4 is 9.47 Å². The summed E-state index contributed by atoms with van der Waals surface area (Å²) >= 11 is 6.32. The third-order valence-corrected chi connectivity index (χ3v) is 3.61. The zero-order chi connectivity index (χ0) is 16.5. The summed E-state index contributed by atoms with van der Waals surface area (Å²) < 4.78 is 12.2. The number of ether oxygens (including phenoxy) is 2. The number of nitrogens with zero attached hydrogens (tertiary/aromatic N) is 2. The Morgan fingerprint density at radius 3 is 2.09 bits per heavy atom. The third-order valence-electron chi connectivity index (χ3n) is 3.24. The van der Waals surface area contributed by atoms with E-state index in [4.69, 9.17) is 21.1 Å². The predicted molar refractivity (Wildman–Crippen MR) is 86.2 cm³/mol. The van der Waals surface area contributed by atoms with E-state index in [1.807, 2.05) is 20.8 Å². The minimum atomic E-state index is -0.337. The van der Waals surface area contributed by atoms with Crippen molar-refractivity contribution in [1.29, 1.82) is 0 Å². The Morgan fingerprint density at radius 2 is 1.68 bits per heavy atom. The normalized spacial score (nSPS) is 11.4. The molecule has 118 valence electrons. The average Bonchev–Trinajstić information content (AvgIpc) is 2.83. The Morgan fingerprint density at radius 1 is 1.14 bits per heavy atom. The molecule has 0 atom stereocenters. The number of aldehydes is 1. The van der Waals surface area contributed by atoms with Crippen molar-refractivity contribution >= 4 is 17.9 Å². The standard InChI is InChI=1S/C16H19ClN2O3/c1-16(2,3)19-15(17)13(9-20)14(18-19)10-6-11(21-4)8-12(7-10)22-5/h6-9H,1-5H3. The summed E-state index contributed by atoms with van der Waals surface area (Å²) in [4.78, 5) is 11.5. The van der Waals surface area contributed by atoms with Crippen LogP contribution in [0.4, 0.5) is 0 Å². The van der Waals surface area contributed by atoms with Gasteiger partial charge in [-0.3, -0.25) is 4.79 Å². The van der Waals surface area contributed by atoms with Gasteiger partial charge in [-0.15, -0.1) is 0 Å². The van der Waals surface area contributed by atoms with Crippen LogP contribution in [0.3, 0.4) is 0 Å². The zero-order valence-electron chi connectivity index (χ0n) is 13.3. The lowest BCUT2D eigenvalue weighted by atomic mass is 10.1. The molecule has 0 aliphatic carbocycles. The molecule has 6 heteroatoms. The first-order valence-corrected chi connectivity index (χ1v) is 7.17. The smallest absolute Gasteiger partial charge is 0.155 e. The van der Waals surface area contributed by atoms with Crippen LogP contribution in [0.25, 0.3) is 11.3 Å². The fraction of sp³-hybridized carbons (Fsp3) is 0.375. The molecule has 0 N–H and O–H groups in total. The van der Waals surface area contributed by atoms with Crippen LogP contribution in [0.2, 0.25) is 5.15 Å². The van der Waals surface area contributed by atoms with E-state index < -0.39 is 0 Å². The third kappa shape index (κ3) is 2.95. The lowest BCUT2D eigenvalue weighted by Crippen LogP contribution is -2.23. The van der Waals surface area contributed by atoms with Gasteiger partial charge in [0.25, 0.3) is 0 Å². The summed E-state index contributed by atoms with van der Waals surface area (Å²) in [6.45, 7) is 5.91. The molecule has 0 saturated carbocycles. The van der Waals surface area contributed by atoms with Crippen LogP contribution in [0.15, 0.2) is 18.2 Å². The number of carbonyl (C=O) groups is 1. The number of hydrogen-bond acceptors (Lipinski definition) is 4. The Balaban J connectivity index is 2.69. The Hall–Kier alpha value is -2.01. The molecule has 2 rings (SSSR count). The van der Waals surface area contributed by atoms with Crippen LogP contribution in [0.5, 0.6) is 11.5 Å². The number of hydrogen-bond donors (Lipinski definition) is 0. The SMILES string of the molecule is COc1cc(OC)cc(-c2nn(C(C)(C)C)c(Cl)c2C=O)c1. The van der Waals surface area contributed by atoms with Gasteiger partial charge in [-0.25, -0.2) is 4.68 Å². The van der Waals surface area contributed by atoms with E-state index in [0.717, 1.165) is 6.29 Å². The monoisotopic (exact) mass is 322 g/mol.